The fourth-order valence-electron chi connectivity index (χ4n) is 3.85. The van der Waals surface area contributed by atoms with Gasteiger partial charge in [-0.25, -0.2) is 0 Å². The van der Waals surface area contributed by atoms with Crippen molar-refractivity contribution in [2.75, 3.05) is 18.4 Å². The number of benzene rings is 1. The Hall–Kier alpha value is -1.12. The molecule has 1 aliphatic heterocycles. The molecule has 0 amide bonds. The Labute approximate surface area is 142 Å². The monoisotopic (exact) mass is 357 g/mol. The number of nitrogens with zero attached hydrogens (tertiary/aromatic N) is 1. The molecule has 1 aromatic rings. The highest BCUT2D eigenvalue weighted by atomic mass is 79.9. The van der Waals surface area contributed by atoms with E-state index in [1.807, 2.05) is 0 Å². The Kier molecular flexibility index (Phi) is 4.70. The van der Waals surface area contributed by atoms with Crippen molar-refractivity contribution in [3.05, 3.63) is 65.3 Å². The topological polar surface area (TPSA) is 3.24 Å². The van der Waals surface area contributed by atoms with Gasteiger partial charge in [0.25, 0.3) is 0 Å². The molecule has 0 aromatic heterocycles. The Balaban J connectivity index is 1.97. The number of alkyl halides is 1. The van der Waals surface area contributed by atoms with Crippen LogP contribution in [0.4, 0.5) is 0 Å². The van der Waals surface area contributed by atoms with E-state index < -0.39 is 0 Å². The zero-order valence-electron chi connectivity index (χ0n) is 13.5. The lowest BCUT2D eigenvalue weighted by Gasteiger charge is -2.44. The van der Waals surface area contributed by atoms with Gasteiger partial charge in [0.1, 0.15) is 0 Å². The third kappa shape index (κ3) is 3.00. The van der Waals surface area contributed by atoms with E-state index in [9.17, 15) is 0 Å². The lowest BCUT2D eigenvalue weighted by Crippen LogP contribution is -2.48. The summed E-state index contributed by atoms with van der Waals surface area (Å²) in [6.07, 6.45) is 9.37. The normalized spacial score (nSPS) is 26.2. The van der Waals surface area contributed by atoms with E-state index in [1.54, 1.807) is 0 Å². The zero-order valence-corrected chi connectivity index (χ0v) is 15.1. The number of rotatable bonds is 3. The Morgan fingerprint density at radius 1 is 1.18 bits per heavy atom. The minimum atomic E-state index is 0.135. The van der Waals surface area contributed by atoms with Crippen molar-refractivity contribution >= 4 is 21.5 Å². The van der Waals surface area contributed by atoms with E-state index in [0.717, 1.165) is 24.8 Å². The van der Waals surface area contributed by atoms with Crippen molar-refractivity contribution in [3.63, 3.8) is 0 Å². The van der Waals surface area contributed by atoms with Crippen LogP contribution < -0.4 is 0 Å². The first-order chi connectivity index (χ1) is 10.6. The summed E-state index contributed by atoms with van der Waals surface area (Å²) in [5.41, 5.74) is 5.83. The van der Waals surface area contributed by atoms with Crippen LogP contribution in [0.15, 0.2) is 59.7 Å². The second-order valence-electron chi connectivity index (χ2n) is 6.55. The van der Waals surface area contributed by atoms with Crippen LogP contribution in [0.2, 0.25) is 0 Å². The maximum Gasteiger partial charge on any atom is 0.0410 e. The average molecular weight is 358 g/mol. The van der Waals surface area contributed by atoms with Crippen LogP contribution in [0.5, 0.6) is 0 Å². The van der Waals surface area contributed by atoms with Crippen LogP contribution in [-0.4, -0.2) is 28.9 Å². The molecule has 1 aromatic carbocycles. The van der Waals surface area contributed by atoms with Gasteiger partial charge in [-0.2, -0.15) is 0 Å². The average Bonchev–Trinajstić information content (AvgIpc) is 2.56. The molecule has 3 rings (SSSR count). The second-order valence-corrected chi connectivity index (χ2v) is 7.11. The molecule has 0 saturated heterocycles. The van der Waals surface area contributed by atoms with Crippen molar-refractivity contribution in [3.8, 4) is 0 Å². The molecule has 1 heterocycles. The molecule has 1 unspecified atom stereocenters. The van der Waals surface area contributed by atoms with Gasteiger partial charge in [-0.05, 0) is 49.0 Å². The van der Waals surface area contributed by atoms with E-state index in [2.05, 4.69) is 83.2 Å². The van der Waals surface area contributed by atoms with Crippen LogP contribution in [-0.2, 0) is 0 Å². The molecule has 1 nitrogen and oxygen atoms in total. The van der Waals surface area contributed by atoms with E-state index in [1.165, 1.54) is 28.7 Å². The van der Waals surface area contributed by atoms with Gasteiger partial charge in [-0.15, -0.1) is 0 Å². The first-order valence-corrected chi connectivity index (χ1v) is 9.19. The maximum absolute atomic E-state index is 3.73. The molecule has 0 radical (unpaired) electrons. The molecule has 2 heteroatoms. The van der Waals surface area contributed by atoms with Crippen molar-refractivity contribution < 1.29 is 0 Å². The summed E-state index contributed by atoms with van der Waals surface area (Å²) in [6.45, 7) is 6.88. The summed E-state index contributed by atoms with van der Waals surface area (Å²) >= 11 is 3.73. The van der Waals surface area contributed by atoms with Gasteiger partial charge < -0.3 is 0 Å². The summed E-state index contributed by atoms with van der Waals surface area (Å²) in [4.78, 5) is 2.61. The zero-order chi connectivity index (χ0) is 15.6. The highest BCUT2D eigenvalue weighted by Gasteiger charge is 2.34. The van der Waals surface area contributed by atoms with E-state index in [-0.39, 0.29) is 5.54 Å². The lowest BCUT2D eigenvalue weighted by molar-refractivity contribution is 0.158. The Morgan fingerprint density at radius 2 is 1.95 bits per heavy atom. The molecule has 1 aliphatic carbocycles. The summed E-state index contributed by atoms with van der Waals surface area (Å²) < 4.78 is 0. The minimum absolute atomic E-state index is 0.135. The number of halogens is 1. The maximum atomic E-state index is 3.73. The molecule has 2 aliphatic rings. The van der Waals surface area contributed by atoms with E-state index in [4.69, 9.17) is 0 Å². The summed E-state index contributed by atoms with van der Waals surface area (Å²) in [7, 11) is 0. The Morgan fingerprint density at radius 3 is 2.59 bits per heavy atom. The third-order valence-corrected chi connectivity index (χ3v) is 5.53. The van der Waals surface area contributed by atoms with Crippen LogP contribution >= 0.6 is 15.9 Å². The highest BCUT2D eigenvalue weighted by molar-refractivity contribution is 9.09. The van der Waals surface area contributed by atoms with Crippen LogP contribution in [0.3, 0.4) is 0 Å². The molecule has 0 N–H and O–H groups in total. The third-order valence-electron chi connectivity index (χ3n) is 4.85. The van der Waals surface area contributed by atoms with Crippen LogP contribution in [0.25, 0.3) is 5.57 Å². The second kappa shape index (κ2) is 6.55. The van der Waals surface area contributed by atoms with Crippen LogP contribution in [0.1, 0.15) is 32.3 Å². The van der Waals surface area contributed by atoms with E-state index in [0.29, 0.717) is 0 Å². The van der Waals surface area contributed by atoms with Gasteiger partial charge in [0, 0.05) is 24.0 Å². The van der Waals surface area contributed by atoms with Crippen molar-refractivity contribution in [1.82, 2.24) is 4.90 Å². The number of hydrogen-bond donors (Lipinski definition) is 0. The first kappa shape index (κ1) is 15.8. The fourth-order valence-corrected chi connectivity index (χ4v) is 4.33. The van der Waals surface area contributed by atoms with Gasteiger partial charge >= 0.3 is 0 Å². The molecule has 22 heavy (non-hydrogen) atoms. The molecule has 0 fully saturated rings. The number of allylic oxidation sites excluding steroid dienone is 2. The van der Waals surface area contributed by atoms with Crippen molar-refractivity contribution in [2.24, 2.45) is 0 Å². The lowest BCUT2D eigenvalue weighted by atomic mass is 9.78. The fraction of sp³-hybridized carbons (Fsp3) is 0.400. The van der Waals surface area contributed by atoms with Gasteiger partial charge in [0.15, 0.2) is 0 Å². The first-order valence-electron chi connectivity index (χ1n) is 8.07. The summed E-state index contributed by atoms with van der Waals surface area (Å²) in [5, 5.41) is 0.946. The standard InChI is InChI=1S/C20H24BrN/c1-16-13-20(2,22-11-7-4-8-12-22)14-18(15-21)19(16)17-9-5-3-6-10-17/h3-7,9-10,13H,8,11-12,14-15H2,1-2H3. The summed E-state index contributed by atoms with van der Waals surface area (Å²) in [5.74, 6) is 0. The molecular formula is C20H24BrN. The molecule has 116 valence electrons. The Bertz CT molecular complexity index is 626. The van der Waals surface area contributed by atoms with Crippen molar-refractivity contribution in [1.29, 1.82) is 0 Å². The quantitative estimate of drug-likeness (QED) is 0.530. The highest BCUT2D eigenvalue weighted by Crippen LogP contribution is 2.40. The molecule has 0 spiro atoms. The number of hydrogen-bond acceptors (Lipinski definition) is 1. The molecule has 1 atom stereocenters. The molecular weight excluding hydrogens is 334 g/mol. The summed E-state index contributed by atoms with van der Waals surface area (Å²) in [6, 6.07) is 10.8. The van der Waals surface area contributed by atoms with Gasteiger partial charge in [0.2, 0.25) is 0 Å². The largest absolute Gasteiger partial charge is 0.290 e. The smallest absolute Gasteiger partial charge is 0.0410 e. The van der Waals surface area contributed by atoms with Gasteiger partial charge in [-0.3, -0.25) is 4.90 Å². The van der Waals surface area contributed by atoms with Crippen LogP contribution in [0, 0.1) is 0 Å². The predicted octanol–water partition coefficient (Wildman–Crippen LogP) is 5.21. The minimum Gasteiger partial charge on any atom is -0.290 e. The SMILES string of the molecule is CC1=CC(C)(N2CC=CCC2)CC(CBr)=C1c1ccccc1. The predicted molar refractivity (Wildman–Crippen MR) is 99.3 cm³/mol. The van der Waals surface area contributed by atoms with Gasteiger partial charge in [-0.1, -0.05) is 64.5 Å². The molecule has 0 bridgehead atoms. The van der Waals surface area contributed by atoms with E-state index >= 15 is 0 Å². The van der Waals surface area contributed by atoms with Gasteiger partial charge in [0.05, 0.1) is 0 Å². The van der Waals surface area contributed by atoms with Crippen molar-refractivity contribution in [2.45, 2.75) is 32.2 Å². The molecule has 0 saturated carbocycles.